The van der Waals surface area contributed by atoms with Gasteiger partial charge in [-0.3, -0.25) is 13.9 Å². The molecule has 0 radical (unpaired) electrons. The fraction of sp³-hybridized carbons (Fsp3) is 0.650. The summed E-state index contributed by atoms with van der Waals surface area (Å²) in [5.74, 6) is -0.323. The molecule has 0 saturated heterocycles. The van der Waals surface area contributed by atoms with Crippen molar-refractivity contribution in [1.82, 2.24) is 14.1 Å². The van der Waals surface area contributed by atoms with Gasteiger partial charge in [0, 0.05) is 25.2 Å². The van der Waals surface area contributed by atoms with Crippen LogP contribution in [0.3, 0.4) is 0 Å². The number of carbonyl (C=O) groups is 1. The number of ether oxygens (including phenoxy) is 1. The molecule has 0 N–H and O–H groups in total. The molecule has 2 heterocycles. The maximum atomic E-state index is 12.7. The summed E-state index contributed by atoms with van der Waals surface area (Å²) in [5, 5.41) is 0. The second-order valence-electron chi connectivity index (χ2n) is 9.10. The van der Waals surface area contributed by atoms with Crippen molar-refractivity contribution in [3.8, 4) is 0 Å². The summed E-state index contributed by atoms with van der Waals surface area (Å²) in [6.45, 7) is 13.3. The molecule has 2 aromatic rings. The zero-order chi connectivity index (χ0) is 19.4. The van der Waals surface area contributed by atoms with E-state index in [9.17, 15) is 9.59 Å². The SMILES string of the molecule is CCOC(=O)C1C(c2ccc3c(n2)n(C)c(=O)n3CC(C)(C)C)C1(C)C. The third-order valence-corrected chi connectivity index (χ3v) is 5.32. The Hall–Kier alpha value is -2.11. The summed E-state index contributed by atoms with van der Waals surface area (Å²) in [6, 6.07) is 3.91. The van der Waals surface area contributed by atoms with E-state index in [-0.39, 0.29) is 34.3 Å². The van der Waals surface area contributed by atoms with Crippen LogP contribution in [-0.4, -0.2) is 26.7 Å². The molecule has 1 fully saturated rings. The van der Waals surface area contributed by atoms with Crippen molar-refractivity contribution in [2.24, 2.45) is 23.8 Å². The first-order valence-corrected chi connectivity index (χ1v) is 9.22. The average molecular weight is 359 g/mol. The normalized spacial score (nSPS) is 21.8. The molecule has 0 bridgehead atoms. The lowest BCUT2D eigenvalue weighted by Crippen LogP contribution is -2.27. The highest BCUT2D eigenvalue weighted by Crippen LogP contribution is 2.64. The van der Waals surface area contributed by atoms with E-state index in [1.807, 2.05) is 19.1 Å². The Morgan fingerprint density at radius 3 is 2.54 bits per heavy atom. The third kappa shape index (κ3) is 2.95. The Morgan fingerprint density at radius 2 is 1.96 bits per heavy atom. The van der Waals surface area contributed by atoms with Crippen molar-refractivity contribution in [3.05, 3.63) is 28.3 Å². The Labute approximate surface area is 154 Å². The maximum absolute atomic E-state index is 12.7. The van der Waals surface area contributed by atoms with Crippen molar-refractivity contribution in [2.75, 3.05) is 6.61 Å². The van der Waals surface area contributed by atoms with Crippen LogP contribution < -0.4 is 5.69 Å². The lowest BCUT2D eigenvalue weighted by molar-refractivity contribution is -0.145. The molecular formula is C20H29N3O3. The summed E-state index contributed by atoms with van der Waals surface area (Å²) in [5.41, 5.74) is 2.11. The first-order valence-electron chi connectivity index (χ1n) is 9.22. The zero-order valence-electron chi connectivity index (χ0n) is 16.8. The summed E-state index contributed by atoms with van der Waals surface area (Å²) in [4.78, 5) is 29.7. The van der Waals surface area contributed by atoms with Gasteiger partial charge in [0.15, 0.2) is 5.65 Å². The minimum atomic E-state index is -0.181. The van der Waals surface area contributed by atoms with Crippen LogP contribution in [0.15, 0.2) is 16.9 Å². The zero-order valence-corrected chi connectivity index (χ0v) is 16.8. The predicted octanol–water partition coefficient (Wildman–Crippen LogP) is 3.08. The lowest BCUT2D eigenvalue weighted by atomic mass is 9.97. The topological polar surface area (TPSA) is 66.1 Å². The molecule has 2 atom stereocenters. The Morgan fingerprint density at radius 1 is 1.31 bits per heavy atom. The number of aryl methyl sites for hydroxylation is 1. The number of imidazole rings is 1. The van der Waals surface area contributed by atoms with Crippen LogP contribution in [0.4, 0.5) is 0 Å². The number of esters is 1. The van der Waals surface area contributed by atoms with Gasteiger partial charge in [0.1, 0.15) is 0 Å². The Balaban J connectivity index is 2.03. The first-order chi connectivity index (χ1) is 12.0. The van der Waals surface area contributed by atoms with Crippen molar-refractivity contribution >= 4 is 17.1 Å². The molecule has 26 heavy (non-hydrogen) atoms. The monoisotopic (exact) mass is 359 g/mol. The molecule has 0 spiro atoms. The van der Waals surface area contributed by atoms with Crippen LogP contribution in [0, 0.1) is 16.7 Å². The molecular weight excluding hydrogens is 330 g/mol. The smallest absolute Gasteiger partial charge is 0.330 e. The van der Waals surface area contributed by atoms with E-state index in [4.69, 9.17) is 9.72 Å². The van der Waals surface area contributed by atoms with Crippen LogP contribution >= 0.6 is 0 Å². The van der Waals surface area contributed by atoms with Gasteiger partial charge in [-0.25, -0.2) is 9.78 Å². The van der Waals surface area contributed by atoms with Crippen molar-refractivity contribution in [1.29, 1.82) is 0 Å². The van der Waals surface area contributed by atoms with Gasteiger partial charge in [0.05, 0.1) is 18.0 Å². The third-order valence-electron chi connectivity index (χ3n) is 5.32. The summed E-state index contributed by atoms with van der Waals surface area (Å²) in [7, 11) is 1.75. The number of carbonyl (C=O) groups excluding carboxylic acids is 1. The van der Waals surface area contributed by atoms with E-state index in [0.717, 1.165) is 11.2 Å². The number of hydrogen-bond donors (Lipinski definition) is 0. The first kappa shape index (κ1) is 18.7. The van der Waals surface area contributed by atoms with Gasteiger partial charge >= 0.3 is 11.7 Å². The molecule has 3 rings (SSSR count). The standard InChI is InChI=1S/C20H29N3O3/c1-8-26-17(24)15-14(20(15,5)6)12-9-10-13-16(21-12)22(7)18(25)23(13)11-19(2,3)4/h9-10,14-15H,8,11H2,1-7H3. The summed E-state index contributed by atoms with van der Waals surface area (Å²) >= 11 is 0. The second-order valence-corrected chi connectivity index (χ2v) is 9.10. The van der Waals surface area contributed by atoms with Crippen LogP contribution in [0.1, 0.15) is 53.2 Å². The second kappa shape index (κ2) is 5.96. The summed E-state index contributed by atoms with van der Waals surface area (Å²) in [6.07, 6.45) is 0. The van der Waals surface area contributed by atoms with E-state index in [0.29, 0.717) is 18.8 Å². The van der Waals surface area contributed by atoms with Gasteiger partial charge in [-0.2, -0.15) is 0 Å². The van der Waals surface area contributed by atoms with Gasteiger partial charge in [-0.05, 0) is 29.9 Å². The van der Waals surface area contributed by atoms with Crippen LogP contribution in [0.25, 0.3) is 11.2 Å². The maximum Gasteiger partial charge on any atom is 0.330 e. The van der Waals surface area contributed by atoms with E-state index >= 15 is 0 Å². The highest BCUT2D eigenvalue weighted by atomic mass is 16.5. The van der Waals surface area contributed by atoms with Gasteiger partial charge < -0.3 is 4.74 Å². The molecule has 1 aliphatic carbocycles. The molecule has 2 unspecified atom stereocenters. The molecule has 2 aromatic heterocycles. The summed E-state index contributed by atoms with van der Waals surface area (Å²) < 4.78 is 8.60. The van der Waals surface area contributed by atoms with E-state index in [2.05, 4.69) is 34.6 Å². The molecule has 0 aliphatic heterocycles. The quantitative estimate of drug-likeness (QED) is 0.787. The average Bonchev–Trinajstić information content (AvgIpc) is 3.05. The minimum absolute atomic E-state index is 0.00965. The lowest BCUT2D eigenvalue weighted by Gasteiger charge is -2.18. The molecule has 1 saturated carbocycles. The number of pyridine rings is 1. The highest BCUT2D eigenvalue weighted by molar-refractivity contribution is 5.80. The van der Waals surface area contributed by atoms with E-state index in [1.54, 1.807) is 16.2 Å². The number of nitrogens with zero attached hydrogens (tertiary/aromatic N) is 3. The number of hydrogen-bond acceptors (Lipinski definition) is 4. The Bertz CT molecular complexity index is 915. The highest BCUT2D eigenvalue weighted by Gasteiger charge is 2.64. The van der Waals surface area contributed by atoms with Crippen molar-refractivity contribution < 1.29 is 9.53 Å². The van der Waals surface area contributed by atoms with Gasteiger partial charge in [0.25, 0.3) is 0 Å². The predicted molar refractivity (Wildman–Crippen MR) is 101 cm³/mol. The molecule has 0 aromatic carbocycles. The minimum Gasteiger partial charge on any atom is -0.466 e. The van der Waals surface area contributed by atoms with Gasteiger partial charge in [0.2, 0.25) is 0 Å². The fourth-order valence-corrected chi connectivity index (χ4v) is 3.95. The van der Waals surface area contributed by atoms with Crippen LogP contribution in [0.5, 0.6) is 0 Å². The molecule has 6 nitrogen and oxygen atoms in total. The Kier molecular flexibility index (Phi) is 4.28. The van der Waals surface area contributed by atoms with Crippen molar-refractivity contribution in [2.45, 2.75) is 54.0 Å². The fourth-order valence-electron chi connectivity index (χ4n) is 3.95. The molecule has 6 heteroatoms. The van der Waals surface area contributed by atoms with Crippen LogP contribution in [-0.2, 0) is 23.1 Å². The molecule has 0 amide bonds. The molecule has 1 aliphatic rings. The number of fused-ring (bicyclic) bond motifs is 1. The van der Waals surface area contributed by atoms with Gasteiger partial charge in [-0.1, -0.05) is 34.6 Å². The number of aromatic nitrogens is 3. The largest absolute Gasteiger partial charge is 0.466 e. The van der Waals surface area contributed by atoms with E-state index < -0.39 is 0 Å². The molecule has 142 valence electrons. The van der Waals surface area contributed by atoms with E-state index in [1.165, 1.54) is 0 Å². The van der Waals surface area contributed by atoms with Crippen molar-refractivity contribution in [3.63, 3.8) is 0 Å². The number of rotatable bonds is 4. The van der Waals surface area contributed by atoms with Gasteiger partial charge in [-0.15, -0.1) is 0 Å². The van der Waals surface area contributed by atoms with Crippen LogP contribution in [0.2, 0.25) is 0 Å².